The molecule has 0 saturated heterocycles. The summed E-state index contributed by atoms with van der Waals surface area (Å²) < 4.78 is 0. The number of aryl methyl sites for hydroxylation is 1. The van der Waals surface area contributed by atoms with Crippen LogP contribution in [0.4, 0.5) is 0 Å². The van der Waals surface area contributed by atoms with Crippen LogP contribution in [0.25, 0.3) is 0 Å². The van der Waals surface area contributed by atoms with Crippen LogP contribution in [-0.4, -0.2) is 5.71 Å². The number of benzene rings is 2. The molecular weight excluding hydrogens is 222 g/mol. The van der Waals surface area contributed by atoms with Gasteiger partial charge < -0.3 is 4.84 Å². The van der Waals surface area contributed by atoms with Gasteiger partial charge in [-0.2, -0.15) is 0 Å². The first-order chi connectivity index (χ1) is 8.93. The molecule has 0 amide bonds. The monoisotopic (exact) mass is 237 g/mol. The second kappa shape index (κ2) is 5.05. The average Bonchev–Trinajstić information content (AvgIpc) is 2.46. The summed E-state index contributed by atoms with van der Waals surface area (Å²) in [7, 11) is 0. The number of nitrogens with zero attached hydrogens (tertiary/aromatic N) is 1. The molecule has 2 aromatic carbocycles. The second-order valence-electron chi connectivity index (χ2n) is 4.45. The van der Waals surface area contributed by atoms with E-state index in [1.165, 1.54) is 11.1 Å². The third kappa shape index (κ3) is 2.28. The molecule has 2 heteroatoms. The van der Waals surface area contributed by atoms with Crippen LogP contribution in [0.2, 0.25) is 0 Å². The third-order valence-corrected chi connectivity index (χ3v) is 3.19. The maximum absolute atomic E-state index is 5.49. The molecule has 0 aromatic heterocycles. The van der Waals surface area contributed by atoms with Gasteiger partial charge in [0.05, 0.1) is 5.71 Å². The summed E-state index contributed by atoms with van der Waals surface area (Å²) in [5, 5.41) is 4.31. The van der Waals surface area contributed by atoms with E-state index in [1.807, 2.05) is 30.3 Å². The molecule has 3 rings (SSSR count). The van der Waals surface area contributed by atoms with Crippen molar-refractivity contribution in [2.45, 2.75) is 19.3 Å². The predicted octanol–water partition coefficient (Wildman–Crippen LogP) is 3.81. The molecule has 0 spiro atoms. The number of oxime groups is 1. The lowest BCUT2D eigenvalue weighted by Crippen LogP contribution is -2.12. The second-order valence-corrected chi connectivity index (χ2v) is 4.45. The number of para-hydroxylation sites is 1. The van der Waals surface area contributed by atoms with Gasteiger partial charge >= 0.3 is 0 Å². The van der Waals surface area contributed by atoms with Gasteiger partial charge in [-0.25, -0.2) is 0 Å². The van der Waals surface area contributed by atoms with Crippen molar-refractivity contribution in [3.05, 3.63) is 65.7 Å². The fourth-order valence-corrected chi connectivity index (χ4v) is 2.28. The van der Waals surface area contributed by atoms with E-state index in [4.69, 9.17) is 4.84 Å². The molecule has 0 unspecified atom stereocenters. The van der Waals surface area contributed by atoms with Crippen LogP contribution in [-0.2, 0) is 6.42 Å². The minimum Gasteiger partial charge on any atom is -0.357 e. The number of hydrogen-bond acceptors (Lipinski definition) is 2. The highest BCUT2D eigenvalue weighted by Crippen LogP contribution is 2.22. The van der Waals surface area contributed by atoms with Crippen LogP contribution in [0.5, 0.6) is 5.75 Å². The zero-order valence-electron chi connectivity index (χ0n) is 10.2. The molecule has 18 heavy (non-hydrogen) atoms. The van der Waals surface area contributed by atoms with Crippen molar-refractivity contribution in [1.82, 2.24) is 0 Å². The van der Waals surface area contributed by atoms with Gasteiger partial charge in [-0.15, -0.1) is 0 Å². The molecule has 2 aromatic rings. The quantitative estimate of drug-likeness (QED) is 0.728. The largest absolute Gasteiger partial charge is 0.357 e. The maximum Gasteiger partial charge on any atom is 0.157 e. The van der Waals surface area contributed by atoms with E-state index >= 15 is 0 Å². The summed E-state index contributed by atoms with van der Waals surface area (Å²) in [6, 6.07) is 18.1. The third-order valence-electron chi connectivity index (χ3n) is 3.19. The van der Waals surface area contributed by atoms with E-state index in [9.17, 15) is 0 Å². The summed E-state index contributed by atoms with van der Waals surface area (Å²) in [6.45, 7) is 0. The Labute approximate surface area is 107 Å². The smallest absolute Gasteiger partial charge is 0.157 e. The first kappa shape index (κ1) is 11.0. The van der Waals surface area contributed by atoms with Crippen molar-refractivity contribution in [1.29, 1.82) is 0 Å². The Hall–Kier alpha value is -2.09. The average molecular weight is 237 g/mol. The molecule has 2 nitrogen and oxygen atoms in total. The molecule has 0 aliphatic heterocycles. The summed E-state index contributed by atoms with van der Waals surface area (Å²) >= 11 is 0. The van der Waals surface area contributed by atoms with Crippen molar-refractivity contribution in [3.8, 4) is 5.75 Å². The Morgan fingerprint density at radius 2 is 1.61 bits per heavy atom. The fraction of sp³-hybridized carbons (Fsp3) is 0.188. The van der Waals surface area contributed by atoms with Crippen LogP contribution in [0.15, 0.2) is 59.8 Å². The van der Waals surface area contributed by atoms with Gasteiger partial charge in [0, 0.05) is 5.56 Å². The van der Waals surface area contributed by atoms with E-state index in [0.29, 0.717) is 0 Å². The first-order valence-electron chi connectivity index (χ1n) is 6.31. The maximum atomic E-state index is 5.49. The lowest BCUT2D eigenvalue weighted by molar-refractivity contribution is 0.339. The van der Waals surface area contributed by atoms with Crippen LogP contribution >= 0.6 is 0 Å². The van der Waals surface area contributed by atoms with Crippen LogP contribution in [0, 0.1) is 0 Å². The van der Waals surface area contributed by atoms with Crippen molar-refractivity contribution in [2.75, 3.05) is 0 Å². The Bertz CT molecular complexity index is 560. The van der Waals surface area contributed by atoms with Crippen molar-refractivity contribution >= 4 is 5.71 Å². The molecule has 0 atom stereocenters. The summed E-state index contributed by atoms with van der Waals surface area (Å²) in [4.78, 5) is 5.49. The van der Waals surface area contributed by atoms with E-state index in [1.54, 1.807) is 0 Å². The molecule has 1 aliphatic rings. The van der Waals surface area contributed by atoms with E-state index in [2.05, 4.69) is 29.4 Å². The van der Waals surface area contributed by atoms with Gasteiger partial charge in [0.1, 0.15) is 0 Å². The highest BCUT2D eigenvalue weighted by molar-refractivity contribution is 6.02. The molecule has 90 valence electrons. The molecule has 0 bridgehead atoms. The van der Waals surface area contributed by atoms with E-state index in [0.717, 1.165) is 30.7 Å². The normalized spacial score (nSPS) is 16.3. The summed E-state index contributed by atoms with van der Waals surface area (Å²) in [5.41, 5.74) is 3.67. The lowest BCUT2D eigenvalue weighted by Gasteiger charge is -2.16. The fourth-order valence-electron chi connectivity index (χ4n) is 2.28. The molecule has 0 saturated carbocycles. The van der Waals surface area contributed by atoms with Gasteiger partial charge in [0.15, 0.2) is 5.75 Å². The van der Waals surface area contributed by atoms with Gasteiger partial charge in [-0.05, 0) is 37.0 Å². The molecule has 0 fully saturated rings. The van der Waals surface area contributed by atoms with Crippen LogP contribution < -0.4 is 4.84 Å². The van der Waals surface area contributed by atoms with Crippen molar-refractivity contribution < 1.29 is 4.84 Å². The lowest BCUT2D eigenvalue weighted by atomic mass is 9.90. The van der Waals surface area contributed by atoms with Gasteiger partial charge in [0.2, 0.25) is 0 Å². The zero-order valence-corrected chi connectivity index (χ0v) is 10.2. The molecule has 0 heterocycles. The van der Waals surface area contributed by atoms with Crippen molar-refractivity contribution in [3.63, 3.8) is 0 Å². The van der Waals surface area contributed by atoms with Gasteiger partial charge in [-0.3, -0.25) is 0 Å². The van der Waals surface area contributed by atoms with E-state index < -0.39 is 0 Å². The van der Waals surface area contributed by atoms with E-state index in [-0.39, 0.29) is 0 Å². The van der Waals surface area contributed by atoms with Crippen LogP contribution in [0.3, 0.4) is 0 Å². The topological polar surface area (TPSA) is 21.6 Å². The van der Waals surface area contributed by atoms with Gasteiger partial charge in [0.25, 0.3) is 0 Å². The highest BCUT2D eigenvalue weighted by atomic mass is 16.6. The molecular formula is C16H15NO. The Morgan fingerprint density at radius 3 is 2.50 bits per heavy atom. The number of rotatable bonds is 2. The molecule has 0 radical (unpaired) electrons. The van der Waals surface area contributed by atoms with Crippen molar-refractivity contribution in [2.24, 2.45) is 5.16 Å². The SMILES string of the molecule is c1ccc(O/N=C2\CCCc3ccccc32)cc1. The number of fused-ring (bicyclic) bond motifs is 1. The Morgan fingerprint density at radius 1 is 0.833 bits per heavy atom. The van der Waals surface area contributed by atoms with Crippen LogP contribution in [0.1, 0.15) is 24.0 Å². The number of hydrogen-bond donors (Lipinski definition) is 0. The summed E-state index contributed by atoms with van der Waals surface area (Å²) in [5.74, 6) is 0.785. The minimum atomic E-state index is 0.785. The van der Waals surface area contributed by atoms with Gasteiger partial charge in [-0.1, -0.05) is 47.6 Å². The summed E-state index contributed by atoms with van der Waals surface area (Å²) in [6.07, 6.45) is 3.28. The standard InChI is InChI=1S/C16H15NO/c1-2-9-14(10-3-1)18-17-16-12-6-8-13-7-4-5-11-15(13)16/h1-5,7,9-11H,6,8,12H2/b17-16+. The molecule has 0 N–H and O–H groups in total. The first-order valence-corrected chi connectivity index (χ1v) is 6.31. The zero-order chi connectivity index (χ0) is 12.2. The Kier molecular flexibility index (Phi) is 3.09. The molecule has 1 aliphatic carbocycles. The Balaban J connectivity index is 1.85. The minimum absolute atomic E-state index is 0.785. The predicted molar refractivity (Wildman–Crippen MR) is 73.0 cm³/mol. The highest BCUT2D eigenvalue weighted by Gasteiger charge is 2.15.